The van der Waals surface area contributed by atoms with Crippen molar-refractivity contribution in [2.45, 2.75) is 51.6 Å². The van der Waals surface area contributed by atoms with Gasteiger partial charge in [-0.05, 0) is 67.9 Å². The van der Waals surface area contributed by atoms with Gasteiger partial charge in [0.25, 0.3) is 0 Å². The van der Waals surface area contributed by atoms with Crippen LogP contribution in [0.5, 0.6) is 0 Å². The van der Waals surface area contributed by atoms with Gasteiger partial charge in [0.05, 0.1) is 5.56 Å². The first-order chi connectivity index (χ1) is 11.0. The van der Waals surface area contributed by atoms with Crippen LogP contribution < -0.4 is 0 Å². The molecular formula is C20H23F3. The summed E-state index contributed by atoms with van der Waals surface area (Å²) in [6.45, 7) is 2.24. The van der Waals surface area contributed by atoms with Crippen molar-refractivity contribution in [1.29, 1.82) is 0 Å². The Hall–Kier alpha value is -1.69. The lowest BCUT2D eigenvalue weighted by Crippen LogP contribution is -2.12. The van der Waals surface area contributed by atoms with Gasteiger partial charge in [0.1, 0.15) is 0 Å². The van der Waals surface area contributed by atoms with Crippen molar-refractivity contribution in [2.75, 3.05) is 0 Å². The van der Waals surface area contributed by atoms with E-state index in [0.29, 0.717) is 11.5 Å². The van der Waals surface area contributed by atoms with Crippen LogP contribution in [-0.2, 0) is 6.18 Å². The van der Waals surface area contributed by atoms with Gasteiger partial charge in [0.2, 0.25) is 0 Å². The third-order valence-electron chi connectivity index (χ3n) is 4.47. The van der Waals surface area contributed by atoms with Gasteiger partial charge in [-0.3, -0.25) is 0 Å². The van der Waals surface area contributed by atoms with Gasteiger partial charge in [-0.15, -0.1) is 0 Å². The quantitative estimate of drug-likeness (QED) is 0.580. The highest BCUT2D eigenvalue weighted by atomic mass is 19.4. The van der Waals surface area contributed by atoms with E-state index >= 15 is 0 Å². The largest absolute Gasteiger partial charge is 0.416 e. The Morgan fingerprint density at radius 2 is 1.74 bits per heavy atom. The minimum Gasteiger partial charge on any atom is -0.166 e. The summed E-state index contributed by atoms with van der Waals surface area (Å²) in [4.78, 5) is 0. The summed E-state index contributed by atoms with van der Waals surface area (Å²) in [7, 11) is 0. The maximum absolute atomic E-state index is 12.5. The molecule has 23 heavy (non-hydrogen) atoms. The molecule has 1 aliphatic rings. The molecule has 0 aromatic heterocycles. The van der Waals surface area contributed by atoms with Gasteiger partial charge in [-0.25, -0.2) is 0 Å². The van der Waals surface area contributed by atoms with Crippen LogP contribution in [0.3, 0.4) is 0 Å². The first-order valence-corrected chi connectivity index (χ1v) is 8.34. The van der Waals surface area contributed by atoms with Crippen molar-refractivity contribution in [1.82, 2.24) is 0 Å². The fourth-order valence-electron chi connectivity index (χ4n) is 3.13. The van der Waals surface area contributed by atoms with E-state index in [1.807, 2.05) is 6.08 Å². The van der Waals surface area contributed by atoms with Gasteiger partial charge in [0, 0.05) is 5.56 Å². The van der Waals surface area contributed by atoms with E-state index in [9.17, 15) is 13.2 Å². The zero-order valence-electron chi connectivity index (χ0n) is 13.5. The molecule has 0 heterocycles. The number of allylic oxidation sites excluding steroid dienone is 2. The smallest absolute Gasteiger partial charge is 0.166 e. The van der Waals surface area contributed by atoms with Crippen molar-refractivity contribution in [3.63, 3.8) is 0 Å². The number of benzene rings is 1. The second-order valence-electron chi connectivity index (χ2n) is 6.27. The van der Waals surface area contributed by atoms with E-state index in [1.165, 1.54) is 50.7 Å². The van der Waals surface area contributed by atoms with Crippen LogP contribution in [0.25, 0.3) is 0 Å². The topological polar surface area (TPSA) is 0 Å². The van der Waals surface area contributed by atoms with Crippen LogP contribution in [0.15, 0.2) is 36.4 Å². The summed E-state index contributed by atoms with van der Waals surface area (Å²) in [5, 5.41) is 0. The van der Waals surface area contributed by atoms with Gasteiger partial charge >= 0.3 is 6.18 Å². The first kappa shape index (κ1) is 17.7. The van der Waals surface area contributed by atoms with E-state index in [4.69, 9.17) is 0 Å². The number of hydrogen-bond donors (Lipinski definition) is 0. The molecule has 1 aromatic carbocycles. The molecule has 3 heteroatoms. The Labute approximate surface area is 136 Å². The van der Waals surface area contributed by atoms with E-state index < -0.39 is 11.7 Å². The molecule has 0 amide bonds. The fraction of sp³-hybridized carbons (Fsp3) is 0.500. The highest BCUT2D eigenvalue weighted by Crippen LogP contribution is 2.32. The second kappa shape index (κ2) is 8.24. The third-order valence-corrected chi connectivity index (χ3v) is 4.47. The second-order valence-corrected chi connectivity index (χ2v) is 6.27. The molecule has 0 bridgehead atoms. The summed E-state index contributed by atoms with van der Waals surface area (Å²) < 4.78 is 37.4. The van der Waals surface area contributed by atoms with Crippen molar-refractivity contribution >= 4 is 0 Å². The normalized spacial score (nSPS) is 21.9. The van der Waals surface area contributed by atoms with Crippen LogP contribution in [-0.4, -0.2) is 0 Å². The lowest BCUT2D eigenvalue weighted by Gasteiger charge is -2.26. The standard InChI is InChI=1S/C20H23F3/c1-2-5-16-8-10-17(11-9-16)6-3-4-7-18-12-14-19(15-13-18)20(21,22)23/h3,6,12-17H,2,5,8-11H2,1H3/b6-3+/t16-,17-. The molecule has 0 radical (unpaired) electrons. The minimum absolute atomic E-state index is 0.602. The van der Waals surface area contributed by atoms with Gasteiger partial charge in [-0.1, -0.05) is 37.7 Å². The molecule has 0 unspecified atom stereocenters. The third kappa shape index (κ3) is 5.78. The van der Waals surface area contributed by atoms with Crippen LogP contribution in [0.2, 0.25) is 0 Å². The van der Waals surface area contributed by atoms with Crippen molar-refractivity contribution < 1.29 is 13.2 Å². The van der Waals surface area contributed by atoms with E-state index in [2.05, 4.69) is 24.8 Å². The molecule has 0 atom stereocenters. The predicted molar refractivity (Wildman–Crippen MR) is 87.8 cm³/mol. The predicted octanol–water partition coefficient (Wildman–Crippen LogP) is 6.22. The van der Waals surface area contributed by atoms with Crippen molar-refractivity contribution in [2.24, 2.45) is 11.8 Å². The molecule has 0 saturated heterocycles. The summed E-state index contributed by atoms with van der Waals surface area (Å²) in [5.41, 5.74) is -0.0308. The molecule has 0 aliphatic heterocycles. The summed E-state index contributed by atoms with van der Waals surface area (Å²) in [6.07, 6.45) is 7.37. The van der Waals surface area contributed by atoms with E-state index in [0.717, 1.165) is 18.1 Å². The zero-order chi connectivity index (χ0) is 16.7. The lowest BCUT2D eigenvalue weighted by atomic mass is 9.80. The molecule has 0 spiro atoms. The number of alkyl halides is 3. The highest BCUT2D eigenvalue weighted by molar-refractivity contribution is 5.39. The van der Waals surface area contributed by atoms with Crippen molar-refractivity contribution in [3.05, 3.63) is 47.5 Å². The van der Waals surface area contributed by atoms with Crippen LogP contribution >= 0.6 is 0 Å². The van der Waals surface area contributed by atoms with Crippen LogP contribution in [0, 0.1) is 23.7 Å². The van der Waals surface area contributed by atoms with Crippen LogP contribution in [0.1, 0.15) is 56.6 Å². The molecule has 1 fully saturated rings. The number of rotatable bonds is 3. The Balaban J connectivity index is 1.84. The molecule has 2 rings (SSSR count). The Morgan fingerprint density at radius 1 is 1.09 bits per heavy atom. The Bertz CT molecular complexity index is 562. The molecule has 0 N–H and O–H groups in total. The van der Waals surface area contributed by atoms with Gasteiger partial charge < -0.3 is 0 Å². The highest BCUT2D eigenvalue weighted by Gasteiger charge is 2.29. The molecule has 1 aliphatic carbocycles. The SMILES string of the molecule is CCC[C@H]1CC[C@H](/C=C/C#Cc2ccc(C(F)(F)F)cc2)CC1. The average molecular weight is 320 g/mol. The average Bonchev–Trinajstić information content (AvgIpc) is 2.53. The summed E-state index contributed by atoms with van der Waals surface area (Å²) in [5.74, 6) is 7.31. The molecule has 1 aromatic rings. The number of hydrogen-bond acceptors (Lipinski definition) is 0. The maximum Gasteiger partial charge on any atom is 0.416 e. The molecule has 124 valence electrons. The summed E-state index contributed by atoms with van der Waals surface area (Å²) in [6, 6.07) is 4.98. The van der Waals surface area contributed by atoms with Crippen LogP contribution in [0.4, 0.5) is 13.2 Å². The molecule has 1 saturated carbocycles. The fourth-order valence-corrected chi connectivity index (χ4v) is 3.13. The molecule has 0 nitrogen and oxygen atoms in total. The molecular weight excluding hydrogens is 297 g/mol. The Morgan fingerprint density at radius 3 is 2.30 bits per heavy atom. The minimum atomic E-state index is -4.29. The van der Waals surface area contributed by atoms with Crippen molar-refractivity contribution in [3.8, 4) is 11.8 Å². The Kier molecular flexibility index (Phi) is 6.33. The lowest BCUT2D eigenvalue weighted by molar-refractivity contribution is -0.137. The van der Waals surface area contributed by atoms with E-state index in [-0.39, 0.29) is 0 Å². The van der Waals surface area contributed by atoms with Gasteiger partial charge in [-0.2, -0.15) is 13.2 Å². The number of halogens is 3. The van der Waals surface area contributed by atoms with E-state index in [1.54, 1.807) is 0 Å². The monoisotopic (exact) mass is 320 g/mol. The summed E-state index contributed by atoms with van der Waals surface area (Å²) >= 11 is 0. The first-order valence-electron chi connectivity index (χ1n) is 8.34. The maximum atomic E-state index is 12.5. The zero-order valence-corrected chi connectivity index (χ0v) is 13.5. The van der Waals surface area contributed by atoms with Gasteiger partial charge in [0.15, 0.2) is 0 Å².